The molecule has 1 N–H and O–H groups in total. The number of benzene rings is 2. The van der Waals surface area contributed by atoms with Gasteiger partial charge in [-0.1, -0.05) is 72.8 Å². The second kappa shape index (κ2) is 7.55. The van der Waals surface area contributed by atoms with Crippen molar-refractivity contribution in [1.29, 1.82) is 0 Å². The van der Waals surface area contributed by atoms with Gasteiger partial charge in [-0.3, -0.25) is 0 Å². The Balaban J connectivity index is 1.72. The Morgan fingerprint density at radius 3 is 2.26 bits per heavy atom. The van der Waals surface area contributed by atoms with Gasteiger partial charge < -0.3 is 5.32 Å². The van der Waals surface area contributed by atoms with Crippen LogP contribution in [-0.2, 0) is 6.42 Å². The third kappa shape index (κ3) is 5.11. The number of rotatable bonds is 6. The predicted octanol–water partition coefficient (Wildman–Crippen LogP) is 3.92. The van der Waals surface area contributed by atoms with Gasteiger partial charge in [-0.05, 0) is 24.5 Å². The minimum absolute atomic E-state index is 0.489. The van der Waals surface area contributed by atoms with Gasteiger partial charge in [-0.2, -0.15) is 0 Å². The normalized spacial score (nSPS) is 12.7. The van der Waals surface area contributed by atoms with Gasteiger partial charge in [0.2, 0.25) is 0 Å². The molecule has 19 heavy (non-hydrogen) atoms. The van der Waals surface area contributed by atoms with E-state index in [0.29, 0.717) is 6.04 Å². The average molecular weight is 251 g/mol. The van der Waals surface area contributed by atoms with Crippen molar-refractivity contribution in [3.63, 3.8) is 0 Å². The maximum Gasteiger partial charge on any atom is 0.0140 e. The standard InChI is InChI=1S/C18H21N/c1-16(15-18-11-6-3-7-12-18)19-14-8-13-17-9-4-2-5-10-17/h2-13,16,19H,14-15H2,1H3/b13-8-/t16-/m0/s1. The summed E-state index contributed by atoms with van der Waals surface area (Å²) < 4.78 is 0. The summed E-state index contributed by atoms with van der Waals surface area (Å²) in [6.07, 6.45) is 5.40. The quantitative estimate of drug-likeness (QED) is 0.820. The minimum atomic E-state index is 0.489. The highest BCUT2D eigenvalue weighted by Crippen LogP contribution is 2.03. The lowest BCUT2D eigenvalue weighted by molar-refractivity contribution is 0.581. The molecule has 0 saturated carbocycles. The van der Waals surface area contributed by atoms with Crippen LogP contribution in [0.5, 0.6) is 0 Å². The van der Waals surface area contributed by atoms with Crippen molar-refractivity contribution in [2.24, 2.45) is 0 Å². The van der Waals surface area contributed by atoms with E-state index in [4.69, 9.17) is 0 Å². The third-order valence-corrected chi connectivity index (χ3v) is 3.08. The molecule has 0 radical (unpaired) electrons. The van der Waals surface area contributed by atoms with Crippen LogP contribution in [-0.4, -0.2) is 12.6 Å². The molecule has 0 amide bonds. The summed E-state index contributed by atoms with van der Waals surface area (Å²) >= 11 is 0. The molecule has 0 saturated heterocycles. The zero-order valence-electron chi connectivity index (χ0n) is 11.4. The maximum atomic E-state index is 3.51. The van der Waals surface area contributed by atoms with Crippen molar-refractivity contribution in [1.82, 2.24) is 5.32 Å². The molecule has 1 heteroatoms. The summed E-state index contributed by atoms with van der Waals surface area (Å²) in [7, 11) is 0. The molecular weight excluding hydrogens is 230 g/mol. The lowest BCUT2D eigenvalue weighted by atomic mass is 10.1. The SMILES string of the molecule is C[C@@H](Cc1ccccc1)NC/C=C\c1ccccc1. The molecule has 0 aliphatic carbocycles. The van der Waals surface area contributed by atoms with E-state index in [0.717, 1.165) is 13.0 Å². The van der Waals surface area contributed by atoms with Gasteiger partial charge in [-0.15, -0.1) is 0 Å². The lowest BCUT2D eigenvalue weighted by Gasteiger charge is -2.12. The molecule has 1 atom stereocenters. The molecule has 0 fully saturated rings. The van der Waals surface area contributed by atoms with Crippen LogP contribution in [0.3, 0.4) is 0 Å². The Morgan fingerprint density at radius 1 is 0.947 bits per heavy atom. The summed E-state index contributed by atoms with van der Waals surface area (Å²) in [5.41, 5.74) is 2.63. The lowest BCUT2D eigenvalue weighted by Crippen LogP contribution is -2.28. The first-order chi connectivity index (χ1) is 9.34. The zero-order valence-corrected chi connectivity index (χ0v) is 11.4. The highest BCUT2D eigenvalue weighted by Gasteiger charge is 2.00. The Bertz CT molecular complexity index is 488. The first kappa shape index (κ1) is 13.6. The van der Waals surface area contributed by atoms with Gasteiger partial charge in [-0.25, -0.2) is 0 Å². The van der Waals surface area contributed by atoms with Crippen molar-refractivity contribution in [2.45, 2.75) is 19.4 Å². The molecule has 0 bridgehead atoms. The van der Waals surface area contributed by atoms with Crippen molar-refractivity contribution in [3.05, 3.63) is 77.9 Å². The van der Waals surface area contributed by atoms with Crippen molar-refractivity contribution in [3.8, 4) is 0 Å². The molecule has 98 valence electrons. The van der Waals surface area contributed by atoms with Crippen LogP contribution < -0.4 is 5.32 Å². The van der Waals surface area contributed by atoms with Crippen molar-refractivity contribution >= 4 is 6.08 Å². The van der Waals surface area contributed by atoms with Crippen LogP contribution in [0.1, 0.15) is 18.1 Å². The Kier molecular flexibility index (Phi) is 5.39. The molecule has 2 rings (SSSR count). The van der Waals surface area contributed by atoms with Gasteiger partial charge in [0.1, 0.15) is 0 Å². The van der Waals surface area contributed by atoms with E-state index in [1.165, 1.54) is 11.1 Å². The second-order valence-electron chi connectivity index (χ2n) is 4.81. The first-order valence-corrected chi connectivity index (χ1v) is 6.83. The maximum absolute atomic E-state index is 3.51. The van der Waals surface area contributed by atoms with Crippen LogP contribution >= 0.6 is 0 Å². The van der Waals surface area contributed by atoms with Gasteiger partial charge in [0.25, 0.3) is 0 Å². The summed E-state index contributed by atoms with van der Waals surface area (Å²) in [5.74, 6) is 0. The molecular formula is C18H21N. The van der Waals surface area contributed by atoms with Crippen molar-refractivity contribution in [2.75, 3.05) is 6.54 Å². The molecule has 0 heterocycles. The molecule has 1 nitrogen and oxygen atoms in total. The largest absolute Gasteiger partial charge is 0.310 e. The fourth-order valence-electron chi connectivity index (χ4n) is 2.07. The van der Waals surface area contributed by atoms with Crippen LogP contribution in [0, 0.1) is 0 Å². The van der Waals surface area contributed by atoms with E-state index in [2.05, 4.69) is 79.0 Å². The smallest absolute Gasteiger partial charge is 0.0140 e. The Labute approximate surface area is 116 Å². The number of hydrogen-bond donors (Lipinski definition) is 1. The van der Waals surface area contributed by atoms with E-state index < -0.39 is 0 Å². The average Bonchev–Trinajstić information content (AvgIpc) is 2.46. The molecule has 0 spiro atoms. The van der Waals surface area contributed by atoms with Gasteiger partial charge in [0, 0.05) is 12.6 Å². The van der Waals surface area contributed by atoms with Crippen molar-refractivity contribution < 1.29 is 0 Å². The minimum Gasteiger partial charge on any atom is -0.310 e. The Hall–Kier alpha value is -1.86. The topological polar surface area (TPSA) is 12.0 Å². The van der Waals surface area contributed by atoms with Gasteiger partial charge in [0.15, 0.2) is 0 Å². The predicted molar refractivity (Wildman–Crippen MR) is 83.1 cm³/mol. The van der Waals surface area contributed by atoms with E-state index in [1.54, 1.807) is 0 Å². The molecule has 0 unspecified atom stereocenters. The highest BCUT2D eigenvalue weighted by molar-refractivity contribution is 5.48. The Morgan fingerprint density at radius 2 is 1.58 bits per heavy atom. The molecule has 2 aromatic carbocycles. The molecule has 2 aromatic rings. The summed E-state index contributed by atoms with van der Waals surface area (Å²) in [5, 5.41) is 3.51. The highest BCUT2D eigenvalue weighted by atomic mass is 14.9. The summed E-state index contributed by atoms with van der Waals surface area (Å²) in [6, 6.07) is 21.5. The first-order valence-electron chi connectivity index (χ1n) is 6.83. The summed E-state index contributed by atoms with van der Waals surface area (Å²) in [4.78, 5) is 0. The number of hydrogen-bond acceptors (Lipinski definition) is 1. The van der Waals surface area contributed by atoms with Gasteiger partial charge >= 0.3 is 0 Å². The molecule has 0 aromatic heterocycles. The monoisotopic (exact) mass is 251 g/mol. The second-order valence-corrected chi connectivity index (χ2v) is 4.81. The molecule has 0 aliphatic rings. The van der Waals surface area contributed by atoms with E-state index in [9.17, 15) is 0 Å². The zero-order chi connectivity index (χ0) is 13.3. The van der Waals surface area contributed by atoms with E-state index in [-0.39, 0.29) is 0 Å². The fourth-order valence-corrected chi connectivity index (χ4v) is 2.07. The third-order valence-electron chi connectivity index (χ3n) is 3.08. The van der Waals surface area contributed by atoms with Crippen LogP contribution in [0.2, 0.25) is 0 Å². The fraction of sp³-hybridized carbons (Fsp3) is 0.222. The number of nitrogens with one attached hydrogen (secondary N) is 1. The van der Waals surface area contributed by atoms with Crippen LogP contribution in [0.25, 0.3) is 6.08 Å². The van der Waals surface area contributed by atoms with Gasteiger partial charge in [0.05, 0.1) is 0 Å². The van der Waals surface area contributed by atoms with Crippen LogP contribution in [0.4, 0.5) is 0 Å². The van der Waals surface area contributed by atoms with Crippen LogP contribution in [0.15, 0.2) is 66.7 Å². The van der Waals surface area contributed by atoms with E-state index >= 15 is 0 Å². The summed E-state index contributed by atoms with van der Waals surface area (Å²) in [6.45, 7) is 3.13. The van der Waals surface area contributed by atoms with E-state index in [1.807, 2.05) is 6.07 Å². The molecule has 0 aliphatic heterocycles.